The van der Waals surface area contributed by atoms with Crippen molar-refractivity contribution in [2.24, 2.45) is 7.05 Å². The van der Waals surface area contributed by atoms with Crippen LogP contribution >= 0.6 is 12.4 Å². The summed E-state index contributed by atoms with van der Waals surface area (Å²) in [6, 6.07) is 8.74. The molecule has 0 atom stereocenters. The smallest absolute Gasteiger partial charge is 0.124 e. The van der Waals surface area contributed by atoms with Gasteiger partial charge in [-0.05, 0) is 30.5 Å². The van der Waals surface area contributed by atoms with Gasteiger partial charge in [-0.15, -0.1) is 12.4 Å². The number of aromatic nitrogens is 2. The van der Waals surface area contributed by atoms with Gasteiger partial charge in [0.2, 0.25) is 0 Å². The average molecular weight is 282 g/mol. The number of nitrogens with zero attached hydrogens (tertiary/aromatic N) is 2. The van der Waals surface area contributed by atoms with Gasteiger partial charge in [-0.2, -0.15) is 5.10 Å². The number of rotatable bonds is 4. The molecule has 1 saturated carbocycles. The lowest BCUT2D eigenvalue weighted by Gasteiger charge is -2.06. The van der Waals surface area contributed by atoms with Crippen molar-refractivity contribution in [3.05, 3.63) is 47.4 Å². The van der Waals surface area contributed by atoms with Crippen molar-refractivity contribution in [2.45, 2.75) is 25.3 Å². The molecule has 0 bridgehead atoms. The molecule has 1 aliphatic carbocycles. The Kier molecular flexibility index (Phi) is 4.10. The van der Waals surface area contributed by atoms with Crippen LogP contribution in [0.15, 0.2) is 30.3 Å². The normalized spacial score (nSPS) is 14.0. The van der Waals surface area contributed by atoms with Crippen LogP contribution in [0.5, 0.6) is 0 Å². The van der Waals surface area contributed by atoms with Gasteiger partial charge in [0.25, 0.3) is 0 Å². The summed E-state index contributed by atoms with van der Waals surface area (Å²) in [6.07, 6.45) is 2.50. The fourth-order valence-corrected chi connectivity index (χ4v) is 2.07. The van der Waals surface area contributed by atoms with E-state index in [-0.39, 0.29) is 18.2 Å². The van der Waals surface area contributed by atoms with Crippen molar-refractivity contribution in [3.8, 4) is 0 Å². The first kappa shape index (κ1) is 13.9. The molecule has 3 rings (SSSR count). The summed E-state index contributed by atoms with van der Waals surface area (Å²) in [6.45, 7) is 0.612. The van der Waals surface area contributed by atoms with Crippen LogP contribution < -0.4 is 5.32 Å². The summed E-state index contributed by atoms with van der Waals surface area (Å²) < 4.78 is 14.9. The summed E-state index contributed by atoms with van der Waals surface area (Å²) in [5.41, 5.74) is 2.10. The molecule has 0 aliphatic heterocycles. The molecular formula is C14H17ClFN3. The Morgan fingerprint density at radius 1 is 1.37 bits per heavy atom. The summed E-state index contributed by atoms with van der Waals surface area (Å²) in [5.74, 6) is 1.44. The molecule has 1 aliphatic rings. The molecule has 0 saturated heterocycles. The van der Waals surface area contributed by atoms with Crippen LogP contribution in [-0.4, -0.2) is 9.78 Å². The predicted octanol–water partition coefficient (Wildman–Crippen LogP) is 3.47. The Morgan fingerprint density at radius 2 is 2.16 bits per heavy atom. The number of anilines is 1. The Balaban J connectivity index is 0.00000133. The largest absolute Gasteiger partial charge is 0.366 e. The maximum atomic E-state index is 13.0. The minimum absolute atomic E-state index is 0. The van der Waals surface area contributed by atoms with Gasteiger partial charge in [0.05, 0.1) is 5.69 Å². The van der Waals surface area contributed by atoms with E-state index in [9.17, 15) is 4.39 Å². The van der Waals surface area contributed by atoms with Gasteiger partial charge in [0.15, 0.2) is 0 Å². The van der Waals surface area contributed by atoms with E-state index in [1.807, 2.05) is 17.8 Å². The highest BCUT2D eigenvalue weighted by Crippen LogP contribution is 2.39. The summed E-state index contributed by atoms with van der Waals surface area (Å²) in [7, 11) is 1.93. The van der Waals surface area contributed by atoms with Gasteiger partial charge in [-0.25, -0.2) is 4.39 Å². The SMILES string of the molecule is Cl.Cn1nc(C2CC2)cc1NCc1cccc(F)c1. The first-order valence-electron chi connectivity index (χ1n) is 6.24. The molecule has 3 nitrogen and oxygen atoms in total. The van der Waals surface area contributed by atoms with Crippen molar-refractivity contribution in [2.75, 3.05) is 5.32 Å². The van der Waals surface area contributed by atoms with E-state index in [1.54, 1.807) is 12.1 Å². The van der Waals surface area contributed by atoms with E-state index in [0.717, 1.165) is 11.4 Å². The van der Waals surface area contributed by atoms with Crippen molar-refractivity contribution in [1.82, 2.24) is 9.78 Å². The van der Waals surface area contributed by atoms with Gasteiger partial charge in [0, 0.05) is 25.6 Å². The molecule has 102 valence electrons. The quantitative estimate of drug-likeness (QED) is 0.930. The minimum atomic E-state index is -0.196. The van der Waals surface area contributed by atoms with Crippen LogP contribution in [0, 0.1) is 5.82 Å². The molecule has 0 spiro atoms. The lowest BCUT2D eigenvalue weighted by Crippen LogP contribution is -2.04. The maximum absolute atomic E-state index is 13.0. The van der Waals surface area contributed by atoms with Gasteiger partial charge in [-0.3, -0.25) is 4.68 Å². The highest BCUT2D eigenvalue weighted by atomic mass is 35.5. The highest BCUT2D eigenvalue weighted by Gasteiger charge is 2.26. The van der Waals surface area contributed by atoms with E-state index >= 15 is 0 Å². The third-order valence-electron chi connectivity index (χ3n) is 3.26. The van der Waals surface area contributed by atoms with Crippen LogP contribution in [0.3, 0.4) is 0 Å². The third-order valence-corrected chi connectivity index (χ3v) is 3.26. The monoisotopic (exact) mass is 281 g/mol. The number of halogens is 2. The molecule has 0 amide bonds. The Morgan fingerprint density at radius 3 is 2.84 bits per heavy atom. The van der Waals surface area contributed by atoms with Crippen molar-refractivity contribution in [1.29, 1.82) is 0 Å². The predicted molar refractivity (Wildman–Crippen MR) is 76.2 cm³/mol. The van der Waals surface area contributed by atoms with Gasteiger partial charge in [0.1, 0.15) is 11.6 Å². The molecule has 5 heteroatoms. The fourth-order valence-electron chi connectivity index (χ4n) is 2.07. The Labute approximate surface area is 118 Å². The second kappa shape index (κ2) is 5.61. The summed E-state index contributed by atoms with van der Waals surface area (Å²) >= 11 is 0. The van der Waals surface area contributed by atoms with Crippen LogP contribution in [-0.2, 0) is 13.6 Å². The fraction of sp³-hybridized carbons (Fsp3) is 0.357. The second-order valence-electron chi connectivity index (χ2n) is 4.84. The van der Waals surface area contributed by atoms with Gasteiger partial charge < -0.3 is 5.32 Å². The van der Waals surface area contributed by atoms with E-state index in [2.05, 4.69) is 16.5 Å². The lowest BCUT2D eigenvalue weighted by atomic mass is 10.2. The topological polar surface area (TPSA) is 29.9 Å². The minimum Gasteiger partial charge on any atom is -0.366 e. The van der Waals surface area contributed by atoms with E-state index in [4.69, 9.17) is 0 Å². The van der Waals surface area contributed by atoms with Crippen LogP contribution in [0.25, 0.3) is 0 Å². The molecule has 1 aromatic carbocycles. The zero-order valence-electron chi connectivity index (χ0n) is 10.8. The van der Waals surface area contributed by atoms with E-state index < -0.39 is 0 Å². The van der Waals surface area contributed by atoms with Crippen LogP contribution in [0.4, 0.5) is 10.2 Å². The third kappa shape index (κ3) is 3.26. The van der Waals surface area contributed by atoms with Crippen molar-refractivity contribution >= 4 is 18.2 Å². The van der Waals surface area contributed by atoms with Crippen molar-refractivity contribution < 1.29 is 4.39 Å². The number of aryl methyl sites for hydroxylation is 1. The zero-order valence-corrected chi connectivity index (χ0v) is 11.6. The highest BCUT2D eigenvalue weighted by molar-refractivity contribution is 5.85. The first-order chi connectivity index (χ1) is 8.72. The molecule has 1 fully saturated rings. The number of benzene rings is 1. The van der Waals surface area contributed by atoms with Crippen LogP contribution in [0.2, 0.25) is 0 Å². The molecule has 1 N–H and O–H groups in total. The van der Waals surface area contributed by atoms with E-state index in [0.29, 0.717) is 12.5 Å². The summed E-state index contributed by atoms with van der Waals surface area (Å²) in [5, 5.41) is 7.78. The maximum Gasteiger partial charge on any atom is 0.124 e. The molecular weight excluding hydrogens is 265 g/mol. The standard InChI is InChI=1S/C14H16FN3.ClH/c1-18-14(8-13(17-18)11-5-6-11)16-9-10-3-2-4-12(15)7-10;/h2-4,7-8,11,16H,5-6,9H2,1H3;1H. The summed E-state index contributed by atoms with van der Waals surface area (Å²) in [4.78, 5) is 0. The molecule has 0 radical (unpaired) electrons. The Hall–Kier alpha value is -1.55. The molecule has 1 heterocycles. The number of hydrogen-bond acceptors (Lipinski definition) is 2. The van der Waals surface area contributed by atoms with Crippen LogP contribution in [0.1, 0.15) is 30.0 Å². The Bertz CT molecular complexity index is 564. The zero-order chi connectivity index (χ0) is 12.5. The van der Waals surface area contributed by atoms with Gasteiger partial charge in [-0.1, -0.05) is 12.1 Å². The lowest BCUT2D eigenvalue weighted by molar-refractivity contribution is 0.626. The molecule has 1 aromatic heterocycles. The van der Waals surface area contributed by atoms with Crippen molar-refractivity contribution in [3.63, 3.8) is 0 Å². The number of nitrogens with one attached hydrogen (secondary N) is 1. The van der Waals surface area contributed by atoms with Gasteiger partial charge >= 0.3 is 0 Å². The molecule has 0 unspecified atom stereocenters. The molecule has 2 aromatic rings. The number of hydrogen-bond donors (Lipinski definition) is 1. The van der Waals surface area contributed by atoms with E-state index in [1.165, 1.54) is 24.6 Å². The first-order valence-corrected chi connectivity index (χ1v) is 6.24. The average Bonchev–Trinajstić information content (AvgIpc) is 3.12. The molecule has 19 heavy (non-hydrogen) atoms. The second-order valence-corrected chi connectivity index (χ2v) is 4.84.